The van der Waals surface area contributed by atoms with Crippen LogP contribution in [0.4, 0.5) is 0 Å². The third-order valence-electron chi connectivity index (χ3n) is 8.53. The first-order valence-corrected chi connectivity index (χ1v) is 18.7. The van der Waals surface area contributed by atoms with E-state index >= 15 is 0 Å². The molecule has 12 nitrogen and oxygen atoms in total. The van der Waals surface area contributed by atoms with E-state index in [2.05, 4.69) is 60.0 Å². The Bertz CT molecular complexity index is 2220. The second-order valence-electron chi connectivity index (χ2n) is 12.5. The number of pyridine rings is 10. The second kappa shape index (κ2) is 21.6. The molecule has 0 N–H and O–H groups in total. The summed E-state index contributed by atoms with van der Waals surface area (Å²) < 4.78 is 0. The van der Waals surface area contributed by atoms with Gasteiger partial charge in [0.2, 0.25) is 0 Å². The fourth-order valence-corrected chi connectivity index (χ4v) is 5.52. The minimum Gasteiger partial charge on any atom is -0.264 e. The average Bonchev–Trinajstić information content (AvgIpc) is 3.35. The Labute approximate surface area is 344 Å². The van der Waals surface area contributed by atoms with Gasteiger partial charge in [0.05, 0.1) is 29.6 Å². The topological polar surface area (TPSA) is 155 Å². The van der Waals surface area contributed by atoms with Gasteiger partial charge in [0, 0.05) is 136 Å². The van der Waals surface area contributed by atoms with Gasteiger partial charge in [-0.3, -0.25) is 39.9 Å². The van der Waals surface area contributed by atoms with E-state index in [0.29, 0.717) is 0 Å². The molecule has 0 aliphatic rings. The van der Waals surface area contributed by atoms with Gasteiger partial charge in [0.15, 0.2) is 5.65 Å². The molecular formula is C48H36N12. The molecular weight excluding hydrogens is 745 g/mol. The molecule has 0 aliphatic heterocycles. The minimum absolute atomic E-state index is 0.810. The Kier molecular flexibility index (Phi) is 14.3. The van der Waals surface area contributed by atoms with Crippen LogP contribution < -0.4 is 0 Å². The van der Waals surface area contributed by atoms with E-state index in [0.717, 1.165) is 59.8 Å². The van der Waals surface area contributed by atoms with E-state index in [-0.39, 0.29) is 0 Å². The second-order valence-corrected chi connectivity index (χ2v) is 12.5. The summed E-state index contributed by atoms with van der Waals surface area (Å²) in [4.78, 5) is 40.2. The van der Waals surface area contributed by atoms with Crippen LogP contribution in [0.5, 0.6) is 0 Å². The zero-order valence-electron chi connectivity index (χ0n) is 32.2. The molecule has 0 amide bonds. The van der Waals surface area contributed by atoms with Crippen molar-refractivity contribution in [3.05, 3.63) is 221 Å². The lowest BCUT2D eigenvalue weighted by Crippen LogP contribution is -1.78. The van der Waals surface area contributed by atoms with Gasteiger partial charge in [0.1, 0.15) is 0 Å². The summed E-state index contributed by atoms with van der Waals surface area (Å²) in [6.45, 7) is 0. The number of nitrogens with zero attached hydrogens (tertiary/aromatic N) is 12. The van der Waals surface area contributed by atoms with Crippen LogP contribution >= 0.6 is 0 Å². The van der Waals surface area contributed by atoms with Crippen LogP contribution in [0.1, 0.15) is 0 Å². The fraction of sp³-hybridized carbons (Fsp3) is 0. The molecule has 0 unspecified atom stereocenters. The van der Waals surface area contributed by atoms with E-state index in [1.54, 1.807) is 80.6 Å². The number of aromatic nitrogens is 12. The molecule has 0 saturated carbocycles. The molecule has 12 rings (SSSR count). The standard InChI is InChI=1S/6C8H6N2/c1-3-9-6-8-2-4-10-5-7(1)8;1-3-9-5-8-6-10-4-2-7(1)8;1-3-7-4-2-6-10-8(7)9-5-1;1-2-7-6-9-5-3-8(7)10-4-1;1-2-7-3-5-9-6-8(7)10-4-1;1-2-4-8-6-10-9-5-7(8)3-1/h6*1-6H. The Balaban J connectivity index is 0.000000109. The monoisotopic (exact) mass is 780 g/mol. The predicted molar refractivity (Wildman–Crippen MR) is 237 cm³/mol. The number of hydrogen-bond acceptors (Lipinski definition) is 12. The van der Waals surface area contributed by atoms with Gasteiger partial charge in [-0.1, -0.05) is 30.3 Å². The zero-order valence-corrected chi connectivity index (χ0v) is 32.2. The van der Waals surface area contributed by atoms with Crippen molar-refractivity contribution in [2.45, 2.75) is 0 Å². The largest absolute Gasteiger partial charge is 0.264 e. The van der Waals surface area contributed by atoms with Crippen LogP contribution in [0, 0.1) is 0 Å². The first-order valence-electron chi connectivity index (χ1n) is 18.7. The zero-order chi connectivity index (χ0) is 40.9. The van der Waals surface area contributed by atoms with E-state index in [4.69, 9.17) is 0 Å². The molecule has 0 atom stereocenters. The van der Waals surface area contributed by atoms with Gasteiger partial charge < -0.3 is 0 Å². The van der Waals surface area contributed by atoms with Crippen molar-refractivity contribution in [3.63, 3.8) is 0 Å². The van der Waals surface area contributed by atoms with Crippen molar-refractivity contribution < 1.29 is 0 Å². The van der Waals surface area contributed by atoms with Crippen LogP contribution in [-0.2, 0) is 0 Å². The summed E-state index contributed by atoms with van der Waals surface area (Å²) in [5.74, 6) is 0. The van der Waals surface area contributed by atoms with E-state index in [1.807, 2.05) is 140 Å². The van der Waals surface area contributed by atoms with Crippen LogP contribution in [0.2, 0.25) is 0 Å². The highest BCUT2D eigenvalue weighted by atomic mass is 15.1. The molecule has 12 aromatic rings. The van der Waals surface area contributed by atoms with Crippen LogP contribution in [0.3, 0.4) is 0 Å². The van der Waals surface area contributed by atoms with Crippen molar-refractivity contribution in [2.75, 3.05) is 0 Å². The van der Waals surface area contributed by atoms with Crippen LogP contribution in [0.15, 0.2) is 221 Å². The van der Waals surface area contributed by atoms with Gasteiger partial charge in [0.25, 0.3) is 0 Å². The molecule has 0 bridgehead atoms. The summed E-state index contributed by atoms with van der Waals surface area (Å²) in [6.07, 6.45) is 32.0. The Morgan fingerprint density at radius 1 is 0.217 bits per heavy atom. The highest BCUT2D eigenvalue weighted by Gasteiger charge is 1.92. The summed E-state index contributed by atoms with van der Waals surface area (Å²) in [6, 6.07) is 35.3. The molecule has 11 aromatic heterocycles. The maximum absolute atomic E-state index is 4.14. The molecule has 0 radical (unpaired) electrons. The Morgan fingerprint density at radius 2 is 0.600 bits per heavy atom. The molecule has 11 heterocycles. The fourth-order valence-electron chi connectivity index (χ4n) is 5.52. The van der Waals surface area contributed by atoms with Crippen molar-refractivity contribution in [2.24, 2.45) is 0 Å². The predicted octanol–water partition coefficient (Wildman–Crippen LogP) is 9.78. The normalized spacial score (nSPS) is 10.0. The summed E-state index contributed by atoms with van der Waals surface area (Å²) in [5, 5.41) is 17.7. The van der Waals surface area contributed by atoms with Crippen molar-refractivity contribution >= 4 is 65.2 Å². The Morgan fingerprint density at radius 3 is 1.12 bits per heavy atom. The number of benzene rings is 1. The third kappa shape index (κ3) is 11.7. The smallest absolute Gasteiger partial charge is 0.159 e. The number of fused-ring (bicyclic) bond motifs is 6. The van der Waals surface area contributed by atoms with E-state index in [1.165, 1.54) is 5.39 Å². The molecule has 12 heteroatoms. The van der Waals surface area contributed by atoms with E-state index < -0.39 is 0 Å². The van der Waals surface area contributed by atoms with Crippen molar-refractivity contribution in [1.29, 1.82) is 0 Å². The summed E-state index contributed by atoms with van der Waals surface area (Å²) >= 11 is 0. The summed E-state index contributed by atoms with van der Waals surface area (Å²) in [5.41, 5.74) is 2.76. The summed E-state index contributed by atoms with van der Waals surface area (Å²) in [7, 11) is 0. The Hall–Kier alpha value is -8.64. The van der Waals surface area contributed by atoms with Gasteiger partial charge in [-0.25, -0.2) is 9.97 Å². The molecule has 60 heavy (non-hydrogen) atoms. The van der Waals surface area contributed by atoms with Gasteiger partial charge >= 0.3 is 0 Å². The lowest BCUT2D eigenvalue weighted by atomic mass is 10.2. The minimum atomic E-state index is 0.810. The number of rotatable bonds is 0. The SMILES string of the molecule is c1cc2ccncc2cn1.c1cc2cnccc2cn1.c1ccc2cnncc2c1.c1cnc2ccncc2c1.c1cnc2cnccc2c1.c1cnc2ncccc2c1. The highest BCUT2D eigenvalue weighted by molar-refractivity contribution is 5.82. The molecule has 0 spiro atoms. The average molecular weight is 781 g/mol. The quantitative estimate of drug-likeness (QED) is 0.144. The van der Waals surface area contributed by atoms with Gasteiger partial charge in [-0.05, 0) is 84.2 Å². The van der Waals surface area contributed by atoms with Crippen molar-refractivity contribution in [1.82, 2.24) is 60.0 Å². The maximum atomic E-state index is 4.14. The molecule has 0 aliphatic carbocycles. The molecule has 0 fully saturated rings. The molecule has 288 valence electrons. The maximum Gasteiger partial charge on any atom is 0.159 e. The van der Waals surface area contributed by atoms with Crippen LogP contribution in [-0.4, -0.2) is 60.0 Å². The lowest BCUT2D eigenvalue weighted by Gasteiger charge is -1.91. The van der Waals surface area contributed by atoms with Crippen molar-refractivity contribution in [3.8, 4) is 0 Å². The molecule has 0 saturated heterocycles. The lowest BCUT2D eigenvalue weighted by molar-refractivity contribution is 1.05. The third-order valence-corrected chi connectivity index (χ3v) is 8.53. The van der Waals surface area contributed by atoms with Crippen LogP contribution in [0.25, 0.3) is 65.2 Å². The van der Waals surface area contributed by atoms with Gasteiger partial charge in [-0.15, -0.1) is 0 Å². The van der Waals surface area contributed by atoms with E-state index in [9.17, 15) is 0 Å². The molecule has 1 aromatic carbocycles. The van der Waals surface area contributed by atoms with Gasteiger partial charge in [-0.2, -0.15) is 10.2 Å². The number of hydrogen-bond donors (Lipinski definition) is 0. The first kappa shape index (κ1) is 39.6. The first-order chi connectivity index (χ1) is 29.8. The highest BCUT2D eigenvalue weighted by Crippen LogP contribution is 2.11.